The molecule has 1 fully saturated rings. The van der Waals surface area contributed by atoms with E-state index >= 15 is 0 Å². The predicted molar refractivity (Wildman–Crippen MR) is 84.9 cm³/mol. The van der Waals surface area contributed by atoms with Gasteiger partial charge in [-0.25, -0.2) is 0 Å². The largest absolute Gasteiger partial charge is 0.471 e. The number of nitrogen functional groups attached to an aromatic ring is 1. The number of nitrogens with two attached hydrogens (primary N) is 2. The second kappa shape index (κ2) is 5.31. The molecule has 0 radical (unpaired) electrons. The fraction of sp³-hybridized carbons (Fsp3) is 0.600. The SMILES string of the molecule is CC1(C)Cc2cc(N)c(N3CCN(CC(N)=O)CC3)nc2O1. The zero-order valence-corrected chi connectivity index (χ0v) is 13.1. The van der Waals surface area contributed by atoms with E-state index in [1.54, 1.807) is 0 Å². The molecule has 0 saturated carbocycles. The number of carbonyl (C=O) groups excluding carboxylic acids is 1. The van der Waals surface area contributed by atoms with Crippen molar-refractivity contribution in [1.29, 1.82) is 0 Å². The van der Waals surface area contributed by atoms with Crippen molar-refractivity contribution in [2.75, 3.05) is 43.4 Å². The standard InChI is InChI=1S/C15H23N5O2/c1-15(2)8-10-7-11(16)13(18-14(10)22-15)20-5-3-19(4-6-20)9-12(17)21/h7H,3-6,8-9,16H2,1-2H3,(H2,17,21). The maximum atomic E-state index is 11.0. The summed E-state index contributed by atoms with van der Waals surface area (Å²) in [4.78, 5) is 19.8. The molecule has 2 aliphatic rings. The summed E-state index contributed by atoms with van der Waals surface area (Å²) < 4.78 is 5.89. The van der Waals surface area contributed by atoms with Crippen LogP contribution in [0, 0.1) is 0 Å². The van der Waals surface area contributed by atoms with E-state index in [1.165, 1.54) is 0 Å². The third kappa shape index (κ3) is 2.94. The van der Waals surface area contributed by atoms with Crippen molar-refractivity contribution < 1.29 is 9.53 Å². The van der Waals surface area contributed by atoms with Crippen LogP contribution in [0.1, 0.15) is 19.4 Å². The summed E-state index contributed by atoms with van der Waals surface area (Å²) in [7, 11) is 0. The van der Waals surface area contributed by atoms with E-state index in [9.17, 15) is 4.79 Å². The van der Waals surface area contributed by atoms with Crippen LogP contribution in [0.3, 0.4) is 0 Å². The lowest BCUT2D eigenvalue weighted by Gasteiger charge is -2.35. The van der Waals surface area contributed by atoms with Gasteiger partial charge in [0, 0.05) is 38.2 Å². The second-order valence-electron chi connectivity index (χ2n) is 6.63. The Morgan fingerprint density at radius 2 is 2.05 bits per heavy atom. The second-order valence-corrected chi connectivity index (χ2v) is 6.63. The molecule has 1 aromatic rings. The monoisotopic (exact) mass is 305 g/mol. The minimum atomic E-state index is -0.292. The van der Waals surface area contributed by atoms with Gasteiger partial charge in [-0.1, -0.05) is 0 Å². The molecule has 1 saturated heterocycles. The molecule has 1 amide bonds. The number of primary amides is 1. The molecule has 1 aromatic heterocycles. The number of carbonyl (C=O) groups is 1. The zero-order chi connectivity index (χ0) is 15.9. The Kier molecular flexibility index (Phi) is 3.60. The number of hydrogen-bond donors (Lipinski definition) is 2. The molecular weight excluding hydrogens is 282 g/mol. The van der Waals surface area contributed by atoms with Gasteiger partial charge in [-0.2, -0.15) is 4.98 Å². The fourth-order valence-electron chi connectivity index (χ4n) is 3.11. The summed E-state index contributed by atoms with van der Waals surface area (Å²) in [5, 5.41) is 0. The van der Waals surface area contributed by atoms with Gasteiger partial charge in [0.05, 0.1) is 12.2 Å². The van der Waals surface area contributed by atoms with Gasteiger partial charge in [-0.3, -0.25) is 9.69 Å². The summed E-state index contributed by atoms with van der Waals surface area (Å²) in [6.07, 6.45) is 0.826. The van der Waals surface area contributed by atoms with Gasteiger partial charge in [0.25, 0.3) is 0 Å². The molecule has 3 heterocycles. The van der Waals surface area contributed by atoms with Gasteiger partial charge < -0.3 is 21.1 Å². The molecule has 0 spiro atoms. The quantitative estimate of drug-likeness (QED) is 0.815. The lowest BCUT2D eigenvalue weighted by atomic mass is 10.0. The van der Waals surface area contributed by atoms with Crippen LogP contribution in [-0.2, 0) is 11.2 Å². The van der Waals surface area contributed by atoms with Crippen molar-refractivity contribution in [2.24, 2.45) is 5.73 Å². The summed E-state index contributed by atoms with van der Waals surface area (Å²) in [6, 6.07) is 1.97. The number of anilines is 2. The molecular formula is C15H23N5O2. The molecule has 22 heavy (non-hydrogen) atoms. The number of hydrogen-bond acceptors (Lipinski definition) is 6. The van der Waals surface area contributed by atoms with Gasteiger partial charge in [-0.15, -0.1) is 0 Å². The minimum Gasteiger partial charge on any atom is -0.471 e. The Bertz CT molecular complexity index is 594. The van der Waals surface area contributed by atoms with Gasteiger partial charge in [0.15, 0.2) is 5.82 Å². The van der Waals surface area contributed by atoms with Crippen molar-refractivity contribution in [3.05, 3.63) is 11.6 Å². The number of piperazine rings is 1. The highest BCUT2D eigenvalue weighted by Crippen LogP contribution is 2.37. The Morgan fingerprint density at radius 3 is 2.68 bits per heavy atom. The van der Waals surface area contributed by atoms with Crippen LogP contribution >= 0.6 is 0 Å². The van der Waals surface area contributed by atoms with Crippen LogP contribution in [0.5, 0.6) is 5.88 Å². The highest BCUT2D eigenvalue weighted by atomic mass is 16.5. The molecule has 7 heteroatoms. The zero-order valence-electron chi connectivity index (χ0n) is 13.1. The Balaban J connectivity index is 1.73. The molecule has 4 N–H and O–H groups in total. The van der Waals surface area contributed by atoms with E-state index in [-0.39, 0.29) is 11.5 Å². The molecule has 3 rings (SSSR count). The number of amides is 1. The Labute approximate surface area is 130 Å². The Morgan fingerprint density at radius 1 is 1.36 bits per heavy atom. The third-order valence-electron chi connectivity index (χ3n) is 4.11. The first-order valence-corrected chi connectivity index (χ1v) is 7.58. The van der Waals surface area contributed by atoms with E-state index < -0.39 is 0 Å². The van der Waals surface area contributed by atoms with Crippen molar-refractivity contribution in [1.82, 2.24) is 9.88 Å². The lowest BCUT2D eigenvalue weighted by molar-refractivity contribution is -0.119. The van der Waals surface area contributed by atoms with Gasteiger partial charge in [0.2, 0.25) is 11.8 Å². The number of nitrogens with zero attached hydrogens (tertiary/aromatic N) is 3. The van der Waals surface area contributed by atoms with Crippen molar-refractivity contribution in [3.63, 3.8) is 0 Å². The smallest absolute Gasteiger partial charge is 0.231 e. The minimum absolute atomic E-state index is 0.222. The summed E-state index contributed by atoms with van der Waals surface area (Å²) in [6.45, 7) is 7.48. The van der Waals surface area contributed by atoms with Crippen molar-refractivity contribution in [3.8, 4) is 5.88 Å². The molecule has 0 aromatic carbocycles. The van der Waals surface area contributed by atoms with Crippen LogP contribution in [0.2, 0.25) is 0 Å². The number of pyridine rings is 1. The normalized spacial score (nSPS) is 20.5. The number of fused-ring (bicyclic) bond motifs is 1. The first kappa shape index (κ1) is 14.9. The van der Waals surface area contributed by atoms with E-state index in [0.29, 0.717) is 18.1 Å². The molecule has 0 atom stereocenters. The topological polar surface area (TPSA) is 97.7 Å². The molecule has 7 nitrogen and oxygen atoms in total. The number of rotatable bonds is 3. The average molecular weight is 305 g/mol. The van der Waals surface area contributed by atoms with Gasteiger partial charge in [0.1, 0.15) is 5.60 Å². The summed E-state index contributed by atoms with van der Waals surface area (Å²) in [5.41, 5.74) is 12.9. The van der Waals surface area contributed by atoms with E-state index in [0.717, 1.165) is 44.0 Å². The predicted octanol–water partition coefficient (Wildman–Crippen LogP) is -0.0154. The number of ether oxygens (including phenoxy) is 1. The fourth-order valence-corrected chi connectivity index (χ4v) is 3.11. The van der Waals surface area contributed by atoms with Crippen LogP contribution in [-0.4, -0.2) is 54.1 Å². The third-order valence-corrected chi connectivity index (χ3v) is 4.11. The molecule has 120 valence electrons. The molecule has 0 bridgehead atoms. The maximum Gasteiger partial charge on any atom is 0.231 e. The molecule has 0 unspecified atom stereocenters. The lowest BCUT2D eigenvalue weighted by Crippen LogP contribution is -2.49. The first-order chi connectivity index (χ1) is 10.3. The molecule has 2 aliphatic heterocycles. The van der Waals surface area contributed by atoms with E-state index in [4.69, 9.17) is 16.2 Å². The highest BCUT2D eigenvalue weighted by Gasteiger charge is 2.33. The van der Waals surface area contributed by atoms with Gasteiger partial charge >= 0.3 is 0 Å². The molecule has 0 aliphatic carbocycles. The van der Waals surface area contributed by atoms with Crippen LogP contribution in [0.4, 0.5) is 11.5 Å². The van der Waals surface area contributed by atoms with Crippen LogP contribution < -0.4 is 21.1 Å². The Hall–Kier alpha value is -2.02. The highest BCUT2D eigenvalue weighted by molar-refractivity contribution is 5.76. The first-order valence-electron chi connectivity index (χ1n) is 7.58. The van der Waals surface area contributed by atoms with Crippen molar-refractivity contribution in [2.45, 2.75) is 25.9 Å². The average Bonchev–Trinajstić information content (AvgIpc) is 2.71. The van der Waals surface area contributed by atoms with Gasteiger partial charge in [-0.05, 0) is 19.9 Å². The van der Waals surface area contributed by atoms with Crippen molar-refractivity contribution >= 4 is 17.4 Å². The summed E-state index contributed by atoms with van der Waals surface area (Å²) in [5.74, 6) is 1.17. The van der Waals surface area contributed by atoms with Crippen LogP contribution in [0.15, 0.2) is 6.07 Å². The maximum absolute atomic E-state index is 11.0. The number of aromatic nitrogens is 1. The van der Waals surface area contributed by atoms with E-state index in [1.807, 2.05) is 24.8 Å². The van der Waals surface area contributed by atoms with Crippen LogP contribution in [0.25, 0.3) is 0 Å². The van der Waals surface area contributed by atoms with E-state index in [2.05, 4.69) is 9.88 Å². The summed E-state index contributed by atoms with van der Waals surface area (Å²) >= 11 is 0.